The van der Waals surface area contributed by atoms with Crippen molar-refractivity contribution in [1.29, 1.82) is 0 Å². The molecule has 0 spiro atoms. The Kier molecular flexibility index (Phi) is 6.89. The molecule has 0 aliphatic rings. The Balaban J connectivity index is 1.51. The van der Waals surface area contributed by atoms with Crippen molar-refractivity contribution in [3.63, 3.8) is 0 Å². The molecule has 0 radical (unpaired) electrons. The molecule has 3 nitrogen and oxygen atoms in total. The number of methoxy groups -OCH3 is 1. The predicted octanol–water partition coefficient (Wildman–Crippen LogP) is 3.89. The van der Waals surface area contributed by atoms with E-state index in [4.69, 9.17) is 9.47 Å². The zero-order valence-corrected chi connectivity index (χ0v) is 16.2. The van der Waals surface area contributed by atoms with Gasteiger partial charge in [0.25, 0.3) is 0 Å². The Morgan fingerprint density at radius 2 is 1.44 bits per heavy atom. The summed E-state index contributed by atoms with van der Waals surface area (Å²) in [6, 6.07) is 25.3. The van der Waals surface area contributed by atoms with Gasteiger partial charge in [-0.15, -0.1) is 0 Å². The lowest BCUT2D eigenvalue weighted by atomic mass is 10.1. The maximum Gasteiger partial charge on any atom is 0.161 e. The Morgan fingerprint density at radius 3 is 2.19 bits per heavy atom. The number of rotatable bonds is 9. The Hall–Kier alpha value is -2.78. The van der Waals surface area contributed by atoms with E-state index in [0.717, 1.165) is 31.0 Å². The lowest BCUT2D eigenvalue weighted by Crippen LogP contribution is -2.80. The SMILES string of the molecule is COc1cc(C[NH2+]Cc2ccc(C)cc2)ccc1OCCc1ccccc1. The summed E-state index contributed by atoms with van der Waals surface area (Å²) in [6.45, 7) is 4.63. The fourth-order valence-electron chi connectivity index (χ4n) is 3.01. The second kappa shape index (κ2) is 9.79. The van der Waals surface area contributed by atoms with Gasteiger partial charge >= 0.3 is 0 Å². The summed E-state index contributed by atoms with van der Waals surface area (Å²) < 4.78 is 11.5. The fourth-order valence-corrected chi connectivity index (χ4v) is 3.01. The van der Waals surface area contributed by atoms with Crippen LogP contribution in [0.25, 0.3) is 0 Å². The van der Waals surface area contributed by atoms with E-state index in [0.29, 0.717) is 6.61 Å². The van der Waals surface area contributed by atoms with E-state index in [1.54, 1.807) is 7.11 Å². The van der Waals surface area contributed by atoms with Crippen LogP contribution in [-0.4, -0.2) is 13.7 Å². The van der Waals surface area contributed by atoms with E-state index in [2.05, 4.69) is 72.9 Å². The summed E-state index contributed by atoms with van der Waals surface area (Å²) in [6.07, 6.45) is 0.885. The number of benzene rings is 3. The molecule has 0 aliphatic heterocycles. The summed E-state index contributed by atoms with van der Waals surface area (Å²) in [5, 5.41) is 2.30. The Morgan fingerprint density at radius 1 is 0.741 bits per heavy atom. The number of hydrogen-bond donors (Lipinski definition) is 1. The number of quaternary nitrogens is 1. The van der Waals surface area contributed by atoms with Crippen LogP contribution >= 0.6 is 0 Å². The van der Waals surface area contributed by atoms with E-state index in [9.17, 15) is 0 Å². The van der Waals surface area contributed by atoms with Crippen molar-refractivity contribution in [1.82, 2.24) is 0 Å². The molecular weight excluding hydrogens is 334 g/mol. The van der Waals surface area contributed by atoms with Crippen LogP contribution < -0.4 is 14.8 Å². The van der Waals surface area contributed by atoms with Gasteiger partial charge in [-0.1, -0.05) is 60.2 Å². The molecule has 27 heavy (non-hydrogen) atoms. The maximum atomic E-state index is 5.94. The Labute approximate surface area is 162 Å². The lowest BCUT2D eigenvalue weighted by Gasteiger charge is -2.12. The first-order valence-corrected chi connectivity index (χ1v) is 9.45. The first-order valence-electron chi connectivity index (χ1n) is 9.45. The molecule has 0 aliphatic carbocycles. The standard InChI is InChI=1S/C24H27NO2/c1-19-8-10-21(11-9-19)17-25-18-22-12-13-23(24(16-22)26-2)27-15-14-20-6-4-3-5-7-20/h3-13,16,25H,14-15,17-18H2,1-2H3/p+1. The summed E-state index contributed by atoms with van der Waals surface area (Å²) in [5.41, 5.74) is 5.15. The normalized spacial score (nSPS) is 10.6. The molecule has 0 unspecified atom stereocenters. The zero-order chi connectivity index (χ0) is 18.9. The highest BCUT2D eigenvalue weighted by molar-refractivity contribution is 5.42. The smallest absolute Gasteiger partial charge is 0.161 e. The van der Waals surface area contributed by atoms with Crippen LogP contribution in [0.5, 0.6) is 11.5 Å². The molecule has 3 aromatic carbocycles. The molecule has 0 fully saturated rings. The Bertz CT molecular complexity index is 829. The van der Waals surface area contributed by atoms with Crippen LogP contribution in [-0.2, 0) is 19.5 Å². The summed E-state index contributed by atoms with van der Waals surface area (Å²) in [7, 11) is 1.69. The maximum absolute atomic E-state index is 5.94. The first kappa shape index (κ1) is 19.0. The van der Waals surface area contributed by atoms with Gasteiger partial charge in [-0.25, -0.2) is 0 Å². The van der Waals surface area contributed by atoms with Crippen molar-refractivity contribution in [2.24, 2.45) is 0 Å². The molecule has 140 valence electrons. The average molecular weight is 362 g/mol. The highest BCUT2D eigenvalue weighted by atomic mass is 16.5. The summed E-state index contributed by atoms with van der Waals surface area (Å²) >= 11 is 0. The number of aryl methyl sites for hydroxylation is 1. The molecule has 0 saturated carbocycles. The number of ether oxygens (including phenoxy) is 2. The van der Waals surface area contributed by atoms with Gasteiger partial charge in [0.1, 0.15) is 13.1 Å². The van der Waals surface area contributed by atoms with Crippen LogP contribution in [0, 0.1) is 6.92 Å². The monoisotopic (exact) mass is 362 g/mol. The van der Waals surface area contributed by atoms with Gasteiger partial charge in [0.15, 0.2) is 11.5 Å². The third kappa shape index (κ3) is 5.87. The molecule has 0 amide bonds. The summed E-state index contributed by atoms with van der Waals surface area (Å²) in [4.78, 5) is 0. The van der Waals surface area contributed by atoms with E-state index in [-0.39, 0.29) is 0 Å². The quantitative estimate of drug-likeness (QED) is 0.627. The minimum absolute atomic E-state index is 0.638. The average Bonchev–Trinajstić information content (AvgIpc) is 2.71. The van der Waals surface area contributed by atoms with Crippen molar-refractivity contribution in [3.05, 3.63) is 95.1 Å². The topological polar surface area (TPSA) is 35.1 Å². The van der Waals surface area contributed by atoms with E-state index < -0.39 is 0 Å². The van der Waals surface area contributed by atoms with E-state index in [1.807, 2.05) is 12.1 Å². The van der Waals surface area contributed by atoms with Gasteiger partial charge in [-0.3, -0.25) is 0 Å². The second-order valence-corrected chi connectivity index (χ2v) is 6.75. The molecule has 2 N–H and O–H groups in total. The van der Waals surface area contributed by atoms with Gasteiger partial charge in [-0.05, 0) is 30.7 Å². The van der Waals surface area contributed by atoms with Crippen molar-refractivity contribution in [3.8, 4) is 11.5 Å². The van der Waals surface area contributed by atoms with Crippen LogP contribution in [0.2, 0.25) is 0 Å². The molecule has 0 atom stereocenters. The van der Waals surface area contributed by atoms with Crippen LogP contribution in [0.4, 0.5) is 0 Å². The van der Waals surface area contributed by atoms with Gasteiger partial charge in [0.05, 0.1) is 13.7 Å². The van der Waals surface area contributed by atoms with Crippen LogP contribution in [0.1, 0.15) is 22.3 Å². The number of nitrogens with two attached hydrogens (primary N) is 1. The first-order chi connectivity index (χ1) is 13.2. The molecule has 0 saturated heterocycles. The van der Waals surface area contributed by atoms with E-state index >= 15 is 0 Å². The number of hydrogen-bond acceptors (Lipinski definition) is 2. The highest BCUT2D eigenvalue weighted by Crippen LogP contribution is 2.28. The van der Waals surface area contributed by atoms with Gasteiger partial charge in [-0.2, -0.15) is 0 Å². The largest absolute Gasteiger partial charge is 0.493 e. The van der Waals surface area contributed by atoms with Gasteiger partial charge in [0.2, 0.25) is 0 Å². The van der Waals surface area contributed by atoms with Gasteiger partial charge < -0.3 is 14.8 Å². The fraction of sp³-hybridized carbons (Fsp3) is 0.250. The van der Waals surface area contributed by atoms with Crippen molar-refractivity contribution in [2.45, 2.75) is 26.4 Å². The predicted molar refractivity (Wildman–Crippen MR) is 109 cm³/mol. The molecule has 0 bridgehead atoms. The van der Waals surface area contributed by atoms with Gasteiger partial charge in [0, 0.05) is 17.5 Å². The van der Waals surface area contributed by atoms with Crippen LogP contribution in [0.3, 0.4) is 0 Å². The minimum Gasteiger partial charge on any atom is -0.493 e. The van der Waals surface area contributed by atoms with Crippen molar-refractivity contribution in [2.75, 3.05) is 13.7 Å². The molecular formula is C24H28NO2+. The molecule has 0 heterocycles. The third-order valence-electron chi connectivity index (χ3n) is 4.60. The third-order valence-corrected chi connectivity index (χ3v) is 4.60. The van der Waals surface area contributed by atoms with E-state index in [1.165, 1.54) is 22.3 Å². The lowest BCUT2D eigenvalue weighted by molar-refractivity contribution is -0.686. The minimum atomic E-state index is 0.638. The highest BCUT2D eigenvalue weighted by Gasteiger charge is 2.07. The zero-order valence-electron chi connectivity index (χ0n) is 16.2. The molecule has 3 rings (SSSR count). The molecule has 0 aromatic heterocycles. The molecule has 3 heteroatoms. The van der Waals surface area contributed by atoms with Crippen molar-refractivity contribution >= 4 is 0 Å². The summed E-state index contributed by atoms with van der Waals surface area (Å²) in [5.74, 6) is 1.60. The second-order valence-electron chi connectivity index (χ2n) is 6.75. The molecule has 3 aromatic rings. The van der Waals surface area contributed by atoms with Crippen molar-refractivity contribution < 1.29 is 14.8 Å². The van der Waals surface area contributed by atoms with Crippen LogP contribution in [0.15, 0.2) is 72.8 Å².